The van der Waals surface area contributed by atoms with Gasteiger partial charge in [0.15, 0.2) is 0 Å². The van der Waals surface area contributed by atoms with Crippen molar-refractivity contribution in [1.82, 2.24) is 0 Å². The summed E-state index contributed by atoms with van der Waals surface area (Å²) in [6.07, 6.45) is 2.07. The maximum Gasteiger partial charge on any atom is 0.0690 e. The van der Waals surface area contributed by atoms with Gasteiger partial charge in [-0.15, -0.1) is 0 Å². The average molecular weight is 226 g/mol. The number of fused-ring (bicyclic) bond motifs is 1. The number of hydrogen-bond donors (Lipinski definition) is 1. The molecule has 0 radical (unpaired) electrons. The molecule has 2 rings (SSSR count). The molecule has 1 N–H and O–H groups in total. The van der Waals surface area contributed by atoms with Crippen molar-refractivity contribution in [1.29, 1.82) is 0 Å². The van der Waals surface area contributed by atoms with E-state index in [9.17, 15) is 0 Å². The molecule has 0 spiro atoms. The first-order valence-corrected chi connectivity index (χ1v) is 5.57. The molecule has 0 saturated carbocycles. The molecule has 0 aromatic heterocycles. The summed E-state index contributed by atoms with van der Waals surface area (Å²) in [4.78, 5) is 0. The molecular formula is C12H16ClNO. The first-order valence-electron chi connectivity index (χ1n) is 5.19. The lowest BCUT2D eigenvalue weighted by molar-refractivity contribution is 0.144. The summed E-state index contributed by atoms with van der Waals surface area (Å²) in [6, 6.07) is 6.00. The number of methoxy groups -OCH3 is 1. The first kappa shape index (κ1) is 10.8. The molecule has 0 aliphatic carbocycles. The van der Waals surface area contributed by atoms with Gasteiger partial charge in [-0.25, -0.2) is 0 Å². The molecule has 1 heterocycles. The van der Waals surface area contributed by atoms with Gasteiger partial charge in [-0.1, -0.05) is 17.7 Å². The Morgan fingerprint density at radius 1 is 1.53 bits per heavy atom. The van der Waals surface area contributed by atoms with Gasteiger partial charge >= 0.3 is 0 Å². The lowest BCUT2D eigenvalue weighted by Crippen LogP contribution is -2.42. The monoisotopic (exact) mass is 225 g/mol. The third-order valence-electron chi connectivity index (χ3n) is 2.94. The van der Waals surface area contributed by atoms with Crippen LogP contribution in [0, 0.1) is 0 Å². The largest absolute Gasteiger partial charge is 0.382 e. The highest BCUT2D eigenvalue weighted by atomic mass is 35.5. The maximum absolute atomic E-state index is 6.14. The molecule has 1 aliphatic rings. The second-order valence-corrected chi connectivity index (χ2v) is 4.79. The number of rotatable bonds is 2. The smallest absolute Gasteiger partial charge is 0.0690 e. The van der Waals surface area contributed by atoms with E-state index in [0.717, 1.165) is 30.2 Å². The van der Waals surface area contributed by atoms with Gasteiger partial charge in [0.2, 0.25) is 0 Å². The summed E-state index contributed by atoms with van der Waals surface area (Å²) in [5, 5.41) is 4.37. The molecule has 1 atom stereocenters. The Bertz CT molecular complexity index is 367. The lowest BCUT2D eigenvalue weighted by Gasteiger charge is -2.36. The second kappa shape index (κ2) is 4.03. The summed E-state index contributed by atoms with van der Waals surface area (Å²) in [5.41, 5.74) is 2.41. The van der Waals surface area contributed by atoms with E-state index in [-0.39, 0.29) is 5.54 Å². The van der Waals surface area contributed by atoms with Crippen LogP contribution in [0.15, 0.2) is 18.2 Å². The predicted octanol–water partition coefficient (Wildman–Crippen LogP) is 3.10. The summed E-state index contributed by atoms with van der Waals surface area (Å²) in [5.74, 6) is 0. The Morgan fingerprint density at radius 3 is 3.07 bits per heavy atom. The van der Waals surface area contributed by atoms with E-state index in [1.54, 1.807) is 7.11 Å². The van der Waals surface area contributed by atoms with E-state index in [1.165, 1.54) is 5.56 Å². The Hall–Kier alpha value is -0.730. The van der Waals surface area contributed by atoms with Crippen molar-refractivity contribution < 1.29 is 4.74 Å². The predicted molar refractivity (Wildman–Crippen MR) is 63.7 cm³/mol. The molecule has 15 heavy (non-hydrogen) atoms. The van der Waals surface area contributed by atoms with E-state index in [2.05, 4.69) is 18.3 Å². The number of nitrogens with one attached hydrogen (secondary N) is 1. The van der Waals surface area contributed by atoms with Crippen LogP contribution in [-0.4, -0.2) is 19.3 Å². The van der Waals surface area contributed by atoms with Crippen LogP contribution in [0.25, 0.3) is 0 Å². The van der Waals surface area contributed by atoms with Crippen LogP contribution in [0.5, 0.6) is 0 Å². The van der Waals surface area contributed by atoms with Crippen LogP contribution in [-0.2, 0) is 11.2 Å². The minimum absolute atomic E-state index is 0.0342. The zero-order valence-corrected chi connectivity index (χ0v) is 9.90. The minimum Gasteiger partial charge on any atom is -0.382 e. The molecule has 3 heteroatoms. The second-order valence-electron chi connectivity index (χ2n) is 4.38. The highest BCUT2D eigenvalue weighted by Gasteiger charge is 2.29. The van der Waals surface area contributed by atoms with Crippen LogP contribution in [0.3, 0.4) is 0 Å². The van der Waals surface area contributed by atoms with Crippen molar-refractivity contribution in [3.8, 4) is 0 Å². The quantitative estimate of drug-likeness (QED) is 0.835. The lowest BCUT2D eigenvalue weighted by atomic mass is 9.88. The van der Waals surface area contributed by atoms with Crippen molar-refractivity contribution in [3.63, 3.8) is 0 Å². The van der Waals surface area contributed by atoms with Gasteiger partial charge in [0.25, 0.3) is 0 Å². The molecule has 2 nitrogen and oxygen atoms in total. The fourth-order valence-electron chi connectivity index (χ4n) is 2.15. The van der Waals surface area contributed by atoms with E-state index in [0.29, 0.717) is 0 Å². The average Bonchev–Trinajstić information content (AvgIpc) is 2.17. The molecule has 1 aromatic rings. The molecular weight excluding hydrogens is 210 g/mol. The number of ether oxygens (including phenoxy) is 1. The molecule has 82 valence electrons. The molecule has 1 aromatic carbocycles. The van der Waals surface area contributed by atoms with Gasteiger partial charge < -0.3 is 10.1 Å². The van der Waals surface area contributed by atoms with E-state index in [4.69, 9.17) is 16.3 Å². The Labute approximate surface area is 95.6 Å². The summed E-state index contributed by atoms with van der Waals surface area (Å²) in [7, 11) is 1.74. The third kappa shape index (κ3) is 2.11. The summed E-state index contributed by atoms with van der Waals surface area (Å²) >= 11 is 6.14. The van der Waals surface area contributed by atoms with Crippen molar-refractivity contribution in [2.24, 2.45) is 0 Å². The fourth-order valence-corrected chi connectivity index (χ4v) is 2.41. The van der Waals surface area contributed by atoms with E-state index in [1.807, 2.05) is 12.1 Å². The fraction of sp³-hybridized carbons (Fsp3) is 0.500. The number of benzene rings is 1. The first-order chi connectivity index (χ1) is 7.14. The van der Waals surface area contributed by atoms with Gasteiger partial charge in [0, 0.05) is 17.8 Å². The van der Waals surface area contributed by atoms with E-state index >= 15 is 0 Å². The third-order valence-corrected chi connectivity index (χ3v) is 3.30. The van der Waals surface area contributed by atoms with Crippen LogP contribution >= 0.6 is 11.6 Å². The van der Waals surface area contributed by atoms with Crippen molar-refractivity contribution in [2.75, 3.05) is 19.0 Å². The standard InChI is InChI=1S/C12H16ClNO/c1-12(8-15-2)7-6-9-10(13)4-3-5-11(9)14-12/h3-5,14H,6-8H2,1-2H3. The molecule has 0 fully saturated rings. The highest BCUT2D eigenvalue weighted by molar-refractivity contribution is 6.31. The summed E-state index contributed by atoms with van der Waals surface area (Å²) in [6.45, 7) is 2.90. The molecule has 1 aliphatic heterocycles. The zero-order valence-electron chi connectivity index (χ0n) is 9.14. The van der Waals surface area contributed by atoms with Gasteiger partial charge in [0.05, 0.1) is 12.1 Å². The Morgan fingerprint density at radius 2 is 2.33 bits per heavy atom. The van der Waals surface area contributed by atoms with Gasteiger partial charge in [0.1, 0.15) is 0 Å². The van der Waals surface area contributed by atoms with Gasteiger partial charge in [-0.05, 0) is 37.5 Å². The minimum atomic E-state index is 0.0342. The number of halogens is 1. The van der Waals surface area contributed by atoms with Crippen molar-refractivity contribution in [3.05, 3.63) is 28.8 Å². The summed E-state index contributed by atoms with van der Waals surface area (Å²) < 4.78 is 5.23. The van der Waals surface area contributed by atoms with Crippen LogP contribution in [0.2, 0.25) is 5.02 Å². The molecule has 0 amide bonds. The normalized spacial score (nSPS) is 24.5. The Kier molecular flexibility index (Phi) is 2.89. The van der Waals surface area contributed by atoms with Crippen molar-refractivity contribution >= 4 is 17.3 Å². The maximum atomic E-state index is 6.14. The number of anilines is 1. The molecule has 0 bridgehead atoms. The van der Waals surface area contributed by atoms with Crippen molar-refractivity contribution in [2.45, 2.75) is 25.3 Å². The molecule has 0 saturated heterocycles. The highest BCUT2D eigenvalue weighted by Crippen LogP contribution is 2.34. The van der Waals surface area contributed by atoms with Crippen LogP contribution in [0.4, 0.5) is 5.69 Å². The Balaban J connectivity index is 2.27. The SMILES string of the molecule is COCC1(C)CCc2c(Cl)cccc2N1. The van der Waals surface area contributed by atoms with Crippen LogP contribution < -0.4 is 5.32 Å². The van der Waals surface area contributed by atoms with Gasteiger partial charge in [-0.2, -0.15) is 0 Å². The zero-order chi connectivity index (χ0) is 10.9. The topological polar surface area (TPSA) is 21.3 Å². The number of hydrogen-bond acceptors (Lipinski definition) is 2. The molecule has 1 unspecified atom stereocenters. The van der Waals surface area contributed by atoms with E-state index < -0.39 is 0 Å². The van der Waals surface area contributed by atoms with Crippen LogP contribution in [0.1, 0.15) is 18.9 Å². The van der Waals surface area contributed by atoms with Gasteiger partial charge in [-0.3, -0.25) is 0 Å².